The molecule has 0 fully saturated rings. The van der Waals surface area contributed by atoms with Gasteiger partial charge in [-0.25, -0.2) is 8.42 Å². The third-order valence-electron chi connectivity index (χ3n) is 4.19. The Bertz CT molecular complexity index is 992. The Morgan fingerprint density at radius 3 is 2.61 bits per heavy atom. The number of fused-ring (bicyclic) bond motifs is 1. The highest BCUT2D eigenvalue weighted by Gasteiger charge is 2.36. The molecule has 0 saturated carbocycles. The Balaban J connectivity index is 1.85. The first-order valence-corrected chi connectivity index (χ1v) is 9.97. The van der Waals surface area contributed by atoms with Crippen LogP contribution in [0.5, 0.6) is 5.75 Å². The van der Waals surface area contributed by atoms with Gasteiger partial charge in [-0.1, -0.05) is 18.2 Å². The summed E-state index contributed by atoms with van der Waals surface area (Å²) in [6, 6.07) is 10.5. The van der Waals surface area contributed by atoms with E-state index in [2.05, 4.69) is 5.32 Å². The molecule has 0 bridgehead atoms. The topological polar surface area (TPSA) is 75.7 Å². The standard InChI is InChI=1S/C18H17F3N2O4S/c1-2-28(25,26)23-11-16(27-15-9-4-3-8-14(15)23)17(24)22-13-7-5-6-12(10-13)18(19,20)21/h3-10,16H,2,11H2,1H3,(H,22,24). The lowest BCUT2D eigenvalue weighted by Crippen LogP contribution is -2.49. The molecule has 3 rings (SSSR count). The van der Waals surface area contributed by atoms with Crippen LogP contribution in [-0.4, -0.2) is 32.7 Å². The first-order chi connectivity index (χ1) is 13.1. The molecule has 1 heterocycles. The van der Waals surface area contributed by atoms with Crippen LogP contribution in [0.1, 0.15) is 12.5 Å². The van der Waals surface area contributed by atoms with Gasteiger partial charge in [0.05, 0.1) is 23.5 Å². The maximum atomic E-state index is 12.8. The monoisotopic (exact) mass is 414 g/mol. The first kappa shape index (κ1) is 20.0. The molecule has 1 atom stereocenters. The van der Waals surface area contributed by atoms with Crippen LogP contribution in [0.15, 0.2) is 48.5 Å². The molecule has 6 nitrogen and oxygen atoms in total. The van der Waals surface area contributed by atoms with Gasteiger partial charge < -0.3 is 10.1 Å². The third kappa shape index (κ3) is 4.06. The van der Waals surface area contributed by atoms with Crippen molar-refractivity contribution in [2.45, 2.75) is 19.2 Å². The Labute approximate surface area is 160 Å². The number of nitrogens with one attached hydrogen (secondary N) is 1. The summed E-state index contributed by atoms with van der Waals surface area (Å²) in [5, 5.41) is 2.36. The maximum absolute atomic E-state index is 12.8. The number of hydrogen-bond acceptors (Lipinski definition) is 4. The van der Waals surface area contributed by atoms with Gasteiger partial charge in [-0.15, -0.1) is 0 Å². The van der Waals surface area contributed by atoms with Crippen LogP contribution in [0, 0.1) is 0 Å². The number of ether oxygens (including phenoxy) is 1. The fraction of sp³-hybridized carbons (Fsp3) is 0.278. The fourth-order valence-electron chi connectivity index (χ4n) is 2.75. The van der Waals surface area contributed by atoms with E-state index in [0.29, 0.717) is 5.69 Å². The zero-order chi connectivity index (χ0) is 20.5. The Hall–Kier alpha value is -2.75. The largest absolute Gasteiger partial charge is 0.476 e. The fourth-order valence-corrected chi connectivity index (χ4v) is 3.88. The van der Waals surface area contributed by atoms with E-state index in [1.54, 1.807) is 18.2 Å². The number of amides is 1. The van der Waals surface area contributed by atoms with E-state index in [0.717, 1.165) is 16.4 Å². The molecular formula is C18H17F3N2O4S. The predicted octanol–water partition coefficient (Wildman–Crippen LogP) is 3.26. The summed E-state index contributed by atoms with van der Waals surface area (Å²) in [6.07, 6.45) is -5.77. The van der Waals surface area contributed by atoms with E-state index in [4.69, 9.17) is 4.74 Å². The zero-order valence-electron chi connectivity index (χ0n) is 14.7. The molecule has 150 valence electrons. The van der Waals surface area contributed by atoms with Crippen molar-refractivity contribution in [3.63, 3.8) is 0 Å². The Morgan fingerprint density at radius 2 is 1.93 bits per heavy atom. The summed E-state index contributed by atoms with van der Waals surface area (Å²) in [5.74, 6) is -0.719. The van der Waals surface area contributed by atoms with Gasteiger partial charge in [0.2, 0.25) is 10.0 Å². The van der Waals surface area contributed by atoms with Gasteiger partial charge in [-0.3, -0.25) is 9.10 Å². The highest BCUT2D eigenvalue weighted by atomic mass is 32.2. The van der Waals surface area contributed by atoms with E-state index in [1.165, 1.54) is 25.1 Å². The SMILES string of the molecule is CCS(=O)(=O)N1CC(C(=O)Nc2cccc(C(F)(F)F)c2)Oc2ccccc21. The summed E-state index contributed by atoms with van der Waals surface area (Å²) < 4.78 is 70.0. The average molecular weight is 414 g/mol. The second-order valence-electron chi connectivity index (χ2n) is 6.07. The van der Waals surface area contributed by atoms with E-state index in [1.807, 2.05) is 0 Å². The lowest BCUT2D eigenvalue weighted by Gasteiger charge is -2.34. The smallest absolute Gasteiger partial charge is 0.416 e. The summed E-state index contributed by atoms with van der Waals surface area (Å²) in [5.41, 5.74) is -0.657. The van der Waals surface area contributed by atoms with E-state index in [-0.39, 0.29) is 23.7 Å². The molecular weight excluding hydrogens is 397 g/mol. The number of alkyl halides is 3. The van der Waals surface area contributed by atoms with Crippen molar-refractivity contribution in [1.29, 1.82) is 0 Å². The summed E-state index contributed by atoms with van der Waals surface area (Å²) >= 11 is 0. The molecule has 0 saturated heterocycles. The van der Waals surface area contributed by atoms with Crippen molar-refractivity contribution < 1.29 is 31.1 Å². The van der Waals surface area contributed by atoms with E-state index < -0.39 is 33.8 Å². The quantitative estimate of drug-likeness (QED) is 0.833. The molecule has 1 aliphatic heterocycles. The van der Waals surface area contributed by atoms with Crippen LogP contribution in [0.3, 0.4) is 0 Å². The van der Waals surface area contributed by atoms with Crippen LogP contribution in [0.4, 0.5) is 24.5 Å². The normalized spacial score (nSPS) is 16.9. The van der Waals surface area contributed by atoms with E-state index in [9.17, 15) is 26.4 Å². The van der Waals surface area contributed by atoms with Crippen LogP contribution in [0.25, 0.3) is 0 Å². The third-order valence-corrected chi connectivity index (χ3v) is 5.93. The number of hydrogen-bond donors (Lipinski definition) is 1. The van der Waals surface area contributed by atoms with Crippen LogP contribution < -0.4 is 14.4 Å². The van der Waals surface area contributed by atoms with Crippen molar-refractivity contribution in [3.8, 4) is 5.75 Å². The molecule has 10 heteroatoms. The van der Waals surface area contributed by atoms with Crippen molar-refractivity contribution in [2.24, 2.45) is 0 Å². The van der Waals surface area contributed by atoms with Crippen molar-refractivity contribution >= 4 is 27.3 Å². The number of sulfonamides is 1. The number of halogens is 3. The maximum Gasteiger partial charge on any atom is 0.416 e. The number of anilines is 2. The molecule has 1 amide bonds. The highest BCUT2D eigenvalue weighted by Crippen LogP contribution is 2.35. The Morgan fingerprint density at radius 1 is 1.21 bits per heavy atom. The molecule has 28 heavy (non-hydrogen) atoms. The Kier molecular flexibility index (Phi) is 5.24. The van der Waals surface area contributed by atoms with Crippen LogP contribution in [-0.2, 0) is 21.0 Å². The minimum absolute atomic E-state index is 0.0628. The number of para-hydroxylation sites is 2. The zero-order valence-corrected chi connectivity index (χ0v) is 15.5. The van der Waals surface area contributed by atoms with Gasteiger partial charge in [-0.05, 0) is 37.3 Å². The molecule has 1 aliphatic rings. The van der Waals surface area contributed by atoms with E-state index >= 15 is 0 Å². The van der Waals surface area contributed by atoms with Crippen molar-refractivity contribution in [1.82, 2.24) is 0 Å². The average Bonchev–Trinajstić information content (AvgIpc) is 2.66. The van der Waals surface area contributed by atoms with Crippen molar-refractivity contribution in [2.75, 3.05) is 21.9 Å². The van der Waals surface area contributed by atoms with Crippen LogP contribution >= 0.6 is 0 Å². The highest BCUT2D eigenvalue weighted by molar-refractivity contribution is 7.92. The minimum atomic E-state index is -4.55. The molecule has 2 aromatic rings. The van der Waals surface area contributed by atoms with Gasteiger partial charge in [0.25, 0.3) is 5.91 Å². The predicted molar refractivity (Wildman–Crippen MR) is 97.7 cm³/mol. The second kappa shape index (κ2) is 7.34. The lowest BCUT2D eigenvalue weighted by atomic mass is 10.1. The molecule has 2 aromatic carbocycles. The lowest BCUT2D eigenvalue weighted by molar-refractivity contribution is -0.137. The molecule has 0 radical (unpaired) electrons. The molecule has 0 aromatic heterocycles. The van der Waals surface area contributed by atoms with Crippen LogP contribution in [0.2, 0.25) is 0 Å². The molecule has 0 spiro atoms. The van der Waals surface area contributed by atoms with Gasteiger partial charge in [0, 0.05) is 5.69 Å². The summed E-state index contributed by atoms with van der Waals surface area (Å²) in [7, 11) is -3.68. The molecule has 1 N–H and O–H groups in total. The van der Waals surface area contributed by atoms with Crippen molar-refractivity contribution in [3.05, 3.63) is 54.1 Å². The first-order valence-electron chi connectivity index (χ1n) is 8.36. The van der Waals surface area contributed by atoms with Gasteiger partial charge >= 0.3 is 6.18 Å². The number of carbonyl (C=O) groups is 1. The number of benzene rings is 2. The van der Waals surface area contributed by atoms with Gasteiger partial charge in [-0.2, -0.15) is 13.2 Å². The van der Waals surface area contributed by atoms with Gasteiger partial charge in [0.15, 0.2) is 6.10 Å². The summed E-state index contributed by atoms with van der Waals surface area (Å²) in [6.45, 7) is 1.20. The minimum Gasteiger partial charge on any atom is -0.476 e. The number of nitrogens with zero attached hydrogens (tertiary/aromatic N) is 1. The second-order valence-corrected chi connectivity index (χ2v) is 8.26. The molecule has 0 aliphatic carbocycles. The summed E-state index contributed by atoms with van der Waals surface area (Å²) in [4.78, 5) is 12.6. The molecule has 1 unspecified atom stereocenters. The number of carbonyl (C=O) groups excluding carboxylic acids is 1. The van der Waals surface area contributed by atoms with Gasteiger partial charge in [0.1, 0.15) is 5.75 Å². The number of rotatable bonds is 4.